The Bertz CT molecular complexity index is 1260. The van der Waals surface area contributed by atoms with E-state index in [0.717, 1.165) is 57.2 Å². The molecule has 2 N–H and O–H groups in total. The highest BCUT2D eigenvalue weighted by atomic mass is 16.5. The van der Waals surface area contributed by atoms with Crippen LogP contribution in [-0.2, 0) is 11.3 Å². The minimum absolute atomic E-state index is 0.299. The van der Waals surface area contributed by atoms with E-state index in [0.29, 0.717) is 29.2 Å². The molecule has 9 heteroatoms. The first-order valence-electron chi connectivity index (χ1n) is 11.9. The fraction of sp³-hybridized carbons (Fsp3) is 0.400. The van der Waals surface area contributed by atoms with Crippen LogP contribution in [0.25, 0.3) is 28.5 Å². The predicted molar refractivity (Wildman–Crippen MR) is 129 cm³/mol. The third-order valence-electron chi connectivity index (χ3n) is 6.84. The molecule has 2 fully saturated rings. The Hall–Kier alpha value is -3.27. The zero-order valence-corrected chi connectivity index (χ0v) is 19.1. The Morgan fingerprint density at radius 3 is 2.62 bits per heavy atom. The van der Waals surface area contributed by atoms with E-state index >= 15 is 0 Å². The lowest BCUT2D eigenvalue weighted by Gasteiger charge is -2.40. The Balaban J connectivity index is 1.17. The maximum atomic E-state index is 6.22. The Morgan fingerprint density at radius 2 is 1.82 bits per heavy atom. The van der Waals surface area contributed by atoms with Crippen molar-refractivity contribution in [3.8, 4) is 22.8 Å². The summed E-state index contributed by atoms with van der Waals surface area (Å²) in [6.45, 7) is 7.07. The van der Waals surface area contributed by atoms with E-state index in [1.807, 2.05) is 18.2 Å². The van der Waals surface area contributed by atoms with Gasteiger partial charge in [-0.15, -0.1) is 5.10 Å². The van der Waals surface area contributed by atoms with Crippen LogP contribution in [0.5, 0.6) is 0 Å². The van der Waals surface area contributed by atoms with Gasteiger partial charge in [0, 0.05) is 37.3 Å². The molecule has 176 valence electrons. The number of hydrogen-bond donors (Lipinski definition) is 1. The molecule has 2 aliphatic rings. The van der Waals surface area contributed by atoms with E-state index in [1.165, 1.54) is 18.4 Å². The number of hydrogen-bond acceptors (Lipinski definition) is 8. The number of nitrogens with zero attached hydrogens (tertiary/aromatic N) is 6. The van der Waals surface area contributed by atoms with E-state index in [4.69, 9.17) is 14.9 Å². The van der Waals surface area contributed by atoms with Gasteiger partial charge in [-0.1, -0.05) is 18.2 Å². The lowest BCUT2D eigenvalue weighted by Crippen LogP contribution is -2.48. The number of benzene rings is 1. The molecular weight excluding hydrogens is 430 g/mol. The lowest BCUT2D eigenvalue weighted by molar-refractivity contribution is 0.000232. The molecule has 6 rings (SSSR count). The first-order valence-corrected chi connectivity index (χ1v) is 11.9. The molecular formula is C25H29N7O2. The van der Waals surface area contributed by atoms with Crippen molar-refractivity contribution in [2.45, 2.75) is 25.4 Å². The lowest BCUT2D eigenvalue weighted by atomic mass is 10.0. The van der Waals surface area contributed by atoms with Crippen LogP contribution in [0.4, 0.5) is 5.95 Å². The first kappa shape index (κ1) is 21.3. The van der Waals surface area contributed by atoms with Crippen molar-refractivity contribution in [3.63, 3.8) is 0 Å². The third-order valence-corrected chi connectivity index (χ3v) is 6.84. The number of piperidine rings is 1. The number of morpholine rings is 1. The van der Waals surface area contributed by atoms with Crippen LogP contribution in [0, 0.1) is 0 Å². The fourth-order valence-corrected chi connectivity index (χ4v) is 5.04. The SMILES string of the molecule is Nc1nc(-c2cccc(CN3CCC(N4CCOCC4)CC3)c2)cc2nc(-c3ccco3)nn12. The normalized spacial score (nSPS) is 18.6. The van der Waals surface area contributed by atoms with Crippen LogP contribution in [-0.4, -0.2) is 74.8 Å². The molecule has 0 radical (unpaired) electrons. The predicted octanol–water partition coefficient (Wildman–Crippen LogP) is 2.93. The summed E-state index contributed by atoms with van der Waals surface area (Å²) >= 11 is 0. The number of nitrogens with two attached hydrogens (primary N) is 1. The number of likely N-dealkylation sites (tertiary alicyclic amines) is 1. The highest BCUT2D eigenvalue weighted by molar-refractivity contribution is 5.67. The van der Waals surface area contributed by atoms with Gasteiger partial charge in [0.25, 0.3) is 0 Å². The summed E-state index contributed by atoms with van der Waals surface area (Å²) in [4.78, 5) is 14.3. The van der Waals surface area contributed by atoms with Gasteiger partial charge in [-0.25, -0.2) is 9.97 Å². The summed E-state index contributed by atoms with van der Waals surface area (Å²) in [6, 6.07) is 14.8. The number of rotatable bonds is 5. The van der Waals surface area contributed by atoms with Gasteiger partial charge in [0.1, 0.15) is 0 Å². The molecule has 0 bridgehead atoms. The van der Waals surface area contributed by atoms with E-state index < -0.39 is 0 Å². The van der Waals surface area contributed by atoms with Crippen molar-refractivity contribution in [1.29, 1.82) is 0 Å². The minimum atomic E-state index is 0.299. The summed E-state index contributed by atoms with van der Waals surface area (Å²) in [5, 5.41) is 4.43. The number of fused-ring (bicyclic) bond motifs is 1. The summed E-state index contributed by atoms with van der Waals surface area (Å²) in [6.07, 6.45) is 4.04. The zero-order valence-electron chi connectivity index (χ0n) is 19.1. The molecule has 34 heavy (non-hydrogen) atoms. The molecule has 0 saturated carbocycles. The standard InChI is InChI=1S/C25H29N7O2/c26-25-27-21(16-23-28-24(29-32(23)25)22-5-2-12-34-22)19-4-1-3-18(15-19)17-30-8-6-20(7-9-30)31-10-13-33-14-11-31/h1-5,12,15-16,20H,6-11,13-14,17H2,(H2,26,27). The molecule has 3 aromatic heterocycles. The molecule has 0 spiro atoms. The Morgan fingerprint density at radius 1 is 0.971 bits per heavy atom. The summed E-state index contributed by atoms with van der Waals surface area (Å²) in [7, 11) is 0. The highest BCUT2D eigenvalue weighted by Gasteiger charge is 2.25. The Kier molecular flexibility index (Phi) is 5.74. The van der Waals surface area contributed by atoms with Crippen LogP contribution in [0.3, 0.4) is 0 Å². The van der Waals surface area contributed by atoms with Crippen molar-refractivity contribution in [2.75, 3.05) is 45.1 Å². The molecule has 2 saturated heterocycles. The summed E-state index contributed by atoms with van der Waals surface area (Å²) < 4.78 is 12.5. The second kappa shape index (κ2) is 9.17. The smallest absolute Gasteiger partial charge is 0.223 e. The number of aromatic nitrogens is 4. The number of furan rings is 1. The topological polar surface area (TPSA) is 98.0 Å². The average Bonchev–Trinajstić information content (AvgIpc) is 3.56. The van der Waals surface area contributed by atoms with Crippen molar-refractivity contribution >= 4 is 11.6 Å². The molecule has 4 aromatic rings. The number of anilines is 1. The Labute approximate surface area is 198 Å². The number of ether oxygens (including phenoxy) is 1. The van der Waals surface area contributed by atoms with Gasteiger partial charge in [0.2, 0.25) is 11.8 Å². The van der Waals surface area contributed by atoms with Gasteiger partial charge in [-0.05, 0) is 49.7 Å². The van der Waals surface area contributed by atoms with Crippen molar-refractivity contribution in [2.24, 2.45) is 0 Å². The van der Waals surface area contributed by atoms with Gasteiger partial charge in [0.15, 0.2) is 11.4 Å². The average molecular weight is 460 g/mol. The van der Waals surface area contributed by atoms with Crippen LogP contribution in [0.1, 0.15) is 18.4 Å². The van der Waals surface area contributed by atoms with Crippen LogP contribution in [0.15, 0.2) is 53.1 Å². The molecule has 0 amide bonds. The van der Waals surface area contributed by atoms with Gasteiger partial charge in [0.05, 0.1) is 25.2 Å². The van der Waals surface area contributed by atoms with Gasteiger partial charge < -0.3 is 14.9 Å². The number of nitrogen functional groups attached to an aromatic ring is 1. The molecule has 5 heterocycles. The molecule has 9 nitrogen and oxygen atoms in total. The van der Waals surface area contributed by atoms with E-state index in [1.54, 1.807) is 10.8 Å². The quantitative estimate of drug-likeness (QED) is 0.487. The van der Waals surface area contributed by atoms with E-state index in [-0.39, 0.29) is 0 Å². The van der Waals surface area contributed by atoms with Gasteiger partial charge in [-0.3, -0.25) is 9.80 Å². The second-order valence-electron chi connectivity index (χ2n) is 9.04. The maximum absolute atomic E-state index is 6.22. The van der Waals surface area contributed by atoms with E-state index in [9.17, 15) is 0 Å². The molecule has 0 aliphatic carbocycles. The molecule has 2 aliphatic heterocycles. The maximum Gasteiger partial charge on any atom is 0.223 e. The van der Waals surface area contributed by atoms with Crippen molar-refractivity contribution in [1.82, 2.24) is 29.4 Å². The monoisotopic (exact) mass is 459 g/mol. The van der Waals surface area contributed by atoms with Crippen LogP contribution in [0.2, 0.25) is 0 Å². The molecule has 1 aromatic carbocycles. The van der Waals surface area contributed by atoms with Crippen LogP contribution >= 0.6 is 0 Å². The van der Waals surface area contributed by atoms with Crippen molar-refractivity contribution < 1.29 is 9.15 Å². The van der Waals surface area contributed by atoms with Crippen LogP contribution < -0.4 is 5.73 Å². The van der Waals surface area contributed by atoms with E-state index in [2.05, 4.69) is 49.1 Å². The zero-order chi connectivity index (χ0) is 22.9. The largest absolute Gasteiger partial charge is 0.461 e. The van der Waals surface area contributed by atoms with Gasteiger partial charge in [-0.2, -0.15) is 4.52 Å². The summed E-state index contributed by atoms with van der Waals surface area (Å²) in [5.41, 5.74) is 9.96. The third kappa shape index (κ3) is 4.29. The summed E-state index contributed by atoms with van der Waals surface area (Å²) in [5.74, 6) is 1.39. The van der Waals surface area contributed by atoms with Crippen molar-refractivity contribution in [3.05, 3.63) is 54.3 Å². The minimum Gasteiger partial charge on any atom is -0.461 e. The fourth-order valence-electron chi connectivity index (χ4n) is 5.04. The molecule has 0 atom stereocenters. The van der Waals surface area contributed by atoms with Gasteiger partial charge >= 0.3 is 0 Å². The second-order valence-corrected chi connectivity index (χ2v) is 9.04. The first-order chi connectivity index (χ1) is 16.7. The highest BCUT2D eigenvalue weighted by Crippen LogP contribution is 2.25. The molecule has 0 unspecified atom stereocenters.